The first-order valence-electron chi connectivity index (χ1n) is 16.3. The molecule has 0 nitrogen and oxygen atoms in total. The first-order chi connectivity index (χ1) is 16.3. The van der Waals surface area contributed by atoms with E-state index < -0.39 is 0 Å². The van der Waals surface area contributed by atoms with E-state index in [0.717, 1.165) is 35.5 Å². The molecule has 0 heteroatoms. The van der Waals surface area contributed by atoms with E-state index in [1.165, 1.54) is 64.2 Å². The van der Waals surface area contributed by atoms with Gasteiger partial charge in [0, 0.05) is 0 Å². The van der Waals surface area contributed by atoms with Crippen molar-refractivity contribution >= 4 is 0 Å². The lowest BCUT2D eigenvalue weighted by atomic mass is 9.68. The average Bonchev–Trinajstić information content (AvgIpc) is 2.86. The van der Waals surface area contributed by atoms with Crippen LogP contribution in [-0.2, 0) is 0 Å². The van der Waals surface area contributed by atoms with E-state index in [-0.39, 0.29) is 0 Å². The van der Waals surface area contributed by atoms with Crippen LogP contribution in [-0.4, -0.2) is 0 Å². The quantitative estimate of drug-likeness (QED) is 0.214. The van der Waals surface area contributed by atoms with Crippen molar-refractivity contribution in [1.82, 2.24) is 0 Å². The molecule has 3 fully saturated rings. The first kappa shape index (κ1) is 27.6. The van der Waals surface area contributed by atoms with E-state index in [1.807, 2.05) is 0 Å². The minimum Gasteiger partial charge on any atom is -0.0654 e. The van der Waals surface area contributed by atoms with Crippen molar-refractivity contribution in [3.8, 4) is 0 Å². The molecule has 33 heavy (non-hydrogen) atoms. The summed E-state index contributed by atoms with van der Waals surface area (Å²) in [5, 5.41) is 0. The zero-order chi connectivity index (χ0) is 23.1. The van der Waals surface area contributed by atoms with Gasteiger partial charge in [0.15, 0.2) is 0 Å². The van der Waals surface area contributed by atoms with Crippen LogP contribution in [0.3, 0.4) is 0 Å². The third-order valence-corrected chi connectivity index (χ3v) is 10.6. The van der Waals surface area contributed by atoms with Gasteiger partial charge in [-0.3, -0.25) is 0 Å². The van der Waals surface area contributed by atoms with Crippen LogP contribution in [0.25, 0.3) is 0 Å². The highest BCUT2D eigenvalue weighted by atomic mass is 14.4. The summed E-state index contributed by atoms with van der Waals surface area (Å²) < 4.78 is 0. The monoisotopic (exact) mass is 458 g/mol. The Hall–Kier alpha value is 0. The van der Waals surface area contributed by atoms with E-state index in [2.05, 4.69) is 13.8 Å². The maximum absolute atomic E-state index is 2.34. The van der Waals surface area contributed by atoms with Crippen molar-refractivity contribution < 1.29 is 0 Å². The predicted molar refractivity (Wildman–Crippen MR) is 148 cm³/mol. The Balaban J connectivity index is 1.19. The maximum Gasteiger partial charge on any atom is -0.0386 e. The van der Waals surface area contributed by atoms with Gasteiger partial charge in [0.2, 0.25) is 0 Å². The molecule has 3 aliphatic rings. The molecule has 0 aromatic rings. The van der Waals surface area contributed by atoms with Gasteiger partial charge in [0.1, 0.15) is 0 Å². The fraction of sp³-hybridized carbons (Fsp3) is 1.00. The van der Waals surface area contributed by atoms with Gasteiger partial charge in [-0.15, -0.1) is 0 Å². The highest BCUT2D eigenvalue weighted by Crippen LogP contribution is 2.44. The summed E-state index contributed by atoms with van der Waals surface area (Å²) in [5.74, 6) is 6.57. The summed E-state index contributed by atoms with van der Waals surface area (Å²) in [5.41, 5.74) is 0. The van der Waals surface area contributed by atoms with Crippen molar-refractivity contribution in [2.45, 2.75) is 174 Å². The van der Waals surface area contributed by atoms with Crippen LogP contribution >= 0.6 is 0 Å². The Kier molecular flexibility index (Phi) is 13.9. The fourth-order valence-electron chi connectivity index (χ4n) is 8.07. The number of hydrogen-bond acceptors (Lipinski definition) is 0. The Morgan fingerprint density at radius 1 is 0.333 bits per heavy atom. The third kappa shape index (κ3) is 10.7. The highest BCUT2D eigenvalue weighted by molar-refractivity contribution is 4.83. The Morgan fingerprint density at radius 2 is 0.636 bits per heavy atom. The van der Waals surface area contributed by atoms with Crippen LogP contribution in [0.5, 0.6) is 0 Å². The van der Waals surface area contributed by atoms with Crippen molar-refractivity contribution in [1.29, 1.82) is 0 Å². The zero-order valence-corrected chi connectivity index (χ0v) is 23.1. The molecule has 0 N–H and O–H groups in total. The molecule has 0 unspecified atom stereocenters. The van der Waals surface area contributed by atoms with Crippen LogP contribution in [0.4, 0.5) is 0 Å². The second-order valence-electron chi connectivity index (χ2n) is 13.1. The van der Waals surface area contributed by atoms with Gasteiger partial charge in [-0.1, -0.05) is 149 Å². The summed E-state index contributed by atoms with van der Waals surface area (Å²) in [4.78, 5) is 0. The first-order valence-corrected chi connectivity index (χ1v) is 16.3. The molecule has 194 valence electrons. The fourth-order valence-corrected chi connectivity index (χ4v) is 8.07. The molecule has 0 bridgehead atoms. The molecule has 0 atom stereocenters. The predicted octanol–water partition coefficient (Wildman–Crippen LogP) is 11.5. The molecule has 0 amide bonds. The van der Waals surface area contributed by atoms with Crippen molar-refractivity contribution in [2.24, 2.45) is 35.5 Å². The van der Waals surface area contributed by atoms with E-state index in [0.29, 0.717) is 0 Å². The second kappa shape index (κ2) is 16.6. The van der Waals surface area contributed by atoms with Crippen LogP contribution < -0.4 is 0 Å². The van der Waals surface area contributed by atoms with Crippen molar-refractivity contribution in [2.75, 3.05) is 0 Å². The summed E-state index contributed by atoms with van der Waals surface area (Å²) in [7, 11) is 0. The van der Waals surface area contributed by atoms with Gasteiger partial charge in [-0.2, -0.15) is 0 Å². The Morgan fingerprint density at radius 3 is 1.09 bits per heavy atom. The average molecular weight is 459 g/mol. The Labute approximate surface area is 209 Å². The molecule has 3 aliphatic carbocycles. The summed E-state index contributed by atoms with van der Waals surface area (Å²) in [6.45, 7) is 4.67. The van der Waals surface area contributed by atoms with Gasteiger partial charge in [-0.05, 0) is 61.2 Å². The lowest BCUT2D eigenvalue weighted by Gasteiger charge is -2.38. The maximum atomic E-state index is 2.34. The van der Waals surface area contributed by atoms with Gasteiger partial charge in [-0.25, -0.2) is 0 Å². The topological polar surface area (TPSA) is 0 Å². The van der Waals surface area contributed by atoms with Crippen molar-refractivity contribution in [3.05, 3.63) is 0 Å². The largest absolute Gasteiger partial charge is 0.0654 e. The molecule has 0 spiro atoms. The molecule has 0 aromatic carbocycles. The molecular weight excluding hydrogens is 396 g/mol. The zero-order valence-electron chi connectivity index (χ0n) is 23.1. The van der Waals surface area contributed by atoms with E-state index >= 15 is 0 Å². The Bertz CT molecular complexity index is 443. The summed E-state index contributed by atoms with van der Waals surface area (Å²) >= 11 is 0. The summed E-state index contributed by atoms with van der Waals surface area (Å²) in [6.07, 6.45) is 38.3. The molecule has 3 saturated carbocycles. The van der Waals surface area contributed by atoms with Crippen LogP contribution in [0.2, 0.25) is 0 Å². The lowest BCUT2D eigenvalue weighted by molar-refractivity contribution is 0.135. The normalized spacial score (nSPS) is 33.3. The van der Waals surface area contributed by atoms with Crippen LogP contribution in [0.15, 0.2) is 0 Å². The van der Waals surface area contributed by atoms with Gasteiger partial charge in [0.05, 0.1) is 0 Å². The molecule has 0 aromatic heterocycles. The molecule has 3 rings (SSSR count). The molecule has 0 heterocycles. The van der Waals surface area contributed by atoms with Crippen LogP contribution in [0, 0.1) is 35.5 Å². The van der Waals surface area contributed by atoms with Gasteiger partial charge in [0.25, 0.3) is 0 Å². The van der Waals surface area contributed by atoms with E-state index in [4.69, 9.17) is 0 Å². The number of rotatable bonds is 15. The SMILES string of the molecule is CCCCCCCCC1CCC(C2CCC(CCC3CCC(CCCCC)CC3)CC2)CC1. The third-order valence-electron chi connectivity index (χ3n) is 10.6. The summed E-state index contributed by atoms with van der Waals surface area (Å²) in [6, 6.07) is 0. The molecular formula is C33H62. The molecule has 0 radical (unpaired) electrons. The van der Waals surface area contributed by atoms with Gasteiger partial charge < -0.3 is 0 Å². The molecule has 0 saturated heterocycles. The highest BCUT2D eigenvalue weighted by Gasteiger charge is 2.31. The number of unbranched alkanes of at least 4 members (excludes halogenated alkanes) is 7. The second-order valence-corrected chi connectivity index (χ2v) is 13.1. The van der Waals surface area contributed by atoms with Crippen molar-refractivity contribution in [3.63, 3.8) is 0 Å². The minimum absolute atomic E-state index is 1.09. The van der Waals surface area contributed by atoms with E-state index in [9.17, 15) is 0 Å². The molecule has 0 aliphatic heterocycles. The smallest absolute Gasteiger partial charge is 0.0386 e. The van der Waals surface area contributed by atoms with Gasteiger partial charge >= 0.3 is 0 Å². The number of hydrogen-bond donors (Lipinski definition) is 0. The van der Waals surface area contributed by atoms with E-state index in [1.54, 1.807) is 96.3 Å². The van der Waals surface area contributed by atoms with Crippen LogP contribution in [0.1, 0.15) is 174 Å². The minimum atomic E-state index is 1.09. The standard InChI is InChI=1S/C33H62/c1-3-5-7-8-9-11-13-29-20-24-32(25-21-29)33-26-22-31(23-27-33)19-18-30-16-14-28(15-17-30)12-10-6-4-2/h28-33H,3-27H2,1-2H3. The lowest BCUT2D eigenvalue weighted by Crippen LogP contribution is -2.26.